The monoisotopic (exact) mass is 398 g/mol. The molecule has 0 saturated carbocycles. The van der Waals surface area contributed by atoms with Crippen molar-refractivity contribution in [3.8, 4) is 0 Å². The van der Waals surface area contributed by atoms with Gasteiger partial charge in [-0.3, -0.25) is 9.48 Å². The van der Waals surface area contributed by atoms with Crippen LogP contribution in [0.3, 0.4) is 0 Å². The number of esters is 1. The second-order valence-electron chi connectivity index (χ2n) is 6.83. The Labute approximate surface area is 168 Å². The molecule has 0 N–H and O–H groups in total. The van der Waals surface area contributed by atoms with Crippen LogP contribution in [-0.4, -0.2) is 44.7 Å². The largest absolute Gasteiger partial charge is 0.452 e. The van der Waals surface area contributed by atoms with Crippen molar-refractivity contribution in [1.82, 2.24) is 19.7 Å². The highest BCUT2D eigenvalue weighted by Crippen LogP contribution is 2.22. The molecule has 0 aliphatic rings. The first-order valence-corrected chi connectivity index (χ1v) is 9.30. The molecule has 2 aromatic heterocycles. The molecule has 0 aliphatic heterocycles. The highest BCUT2D eigenvalue weighted by molar-refractivity contribution is 6.04. The summed E-state index contributed by atoms with van der Waals surface area (Å²) < 4.78 is 20.3. The molecule has 0 radical (unpaired) electrons. The van der Waals surface area contributed by atoms with Crippen molar-refractivity contribution in [1.29, 1.82) is 0 Å². The fourth-order valence-corrected chi connectivity index (χ4v) is 3.26. The molecule has 0 fully saturated rings. The number of amides is 1. The number of ether oxygens (including phenoxy) is 1. The Balaban J connectivity index is 1.73. The van der Waals surface area contributed by atoms with Crippen molar-refractivity contribution in [2.75, 3.05) is 13.2 Å². The molecule has 1 amide bonds. The van der Waals surface area contributed by atoms with Crippen molar-refractivity contribution in [3.05, 3.63) is 58.7 Å². The zero-order valence-corrected chi connectivity index (χ0v) is 16.9. The number of hydrogen-bond acceptors (Lipinski definition) is 5. The Morgan fingerprint density at radius 1 is 1.24 bits per heavy atom. The first-order chi connectivity index (χ1) is 13.8. The van der Waals surface area contributed by atoms with Gasteiger partial charge in [-0.15, -0.1) is 0 Å². The van der Waals surface area contributed by atoms with Gasteiger partial charge in [-0.1, -0.05) is 12.1 Å². The van der Waals surface area contributed by atoms with Gasteiger partial charge in [0, 0.05) is 25.8 Å². The van der Waals surface area contributed by atoms with Gasteiger partial charge in [0.15, 0.2) is 12.3 Å². The summed E-state index contributed by atoms with van der Waals surface area (Å²) in [6.45, 7) is 5.64. The van der Waals surface area contributed by atoms with E-state index in [1.54, 1.807) is 43.8 Å². The van der Waals surface area contributed by atoms with E-state index in [4.69, 9.17) is 4.74 Å². The van der Waals surface area contributed by atoms with E-state index in [1.165, 1.54) is 17.0 Å². The molecular weight excluding hydrogens is 375 g/mol. The van der Waals surface area contributed by atoms with Crippen molar-refractivity contribution < 1.29 is 18.7 Å². The van der Waals surface area contributed by atoms with Gasteiger partial charge < -0.3 is 9.64 Å². The van der Waals surface area contributed by atoms with E-state index in [2.05, 4.69) is 10.1 Å². The van der Waals surface area contributed by atoms with Gasteiger partial charge in [0.1, 0.15) is 5.82 Å². The number of carbonyl (C=O) groups excluding carboxylic acids is 2. The number of rotatable bonds is 6. The molecule has 0 spiro atoms. The van der Waals surface area contributed by atoms with E-state index in [0.29, 0.717) is 40.1 Å². The molecule has 1 aromatic carbocycles. The number of fused-ring (bicyclic) bond motifs is 1. The Hall–Kier alpha value is -3.29. The summed E-state index contributed by atoms with van der Waals surface area (Å²) in [6, 6.07) is 7.70. The average Bonchev–Trinajstić information content (AvgIpc) is 2.96. The first kappa shape index (κ1) is 20.4. The quantitative estimate of drug-likeness (QED) is 0.597. The molecular formula is C21H23FN4O3. The van der Waals surface area contributed by atoms with Crippen molar-refractivity contribution in [2.24, 2.45) is 7.05 Å². The fraction of sp³-hybridized carbons (Fsp3) is 0.333. The number of pyridine rings is 1. The van der Waals surface area contributed by atoms with E-state index in [9.17, 15) is 14.0 Å². The van der Waals surface area contributed by atoms with Crippen molar-refractivity contribution in [3.63, 3.8) is 0 Å². The molecule has 0 atom stereocenters. The summed E-state index contributed by atoms with van der Waals surface area (Å²) >= 11 is 0. The maximum atomic E-state index is 13.4. The predicted molar refractivity (Wildman–Crippen MR) is 106 cm³/mol. The molecule has 3 aromatic rings. The Kier molecular flexibility index (Phi) is 5.91. The second-order valence-corrected chi connectivity index (χ2v) is 6.83. The van der Waals surface area contributed by atoms with Crippen LogP contribution >= 0.6 is 0 Å². The maximum Gasteiger partial charge on any atom is 0.339 e. The summed E-state index contributed by atoms with van der Waals surface area (Å²) in [7, 11) is 1.76. The van der Waals surface area contributed by atoms with Crippen molar-refractivity contribution in [2.45, 2.75) is 27.3 Å². The summed E-state index contributed by atoms with van der Waals surface area (Å²) in [4.78, 5) is 31.1. The Morgan fingerprint density at radius 3 is 2.69 bits per heavy atom. The van der Waals surface area contributed by atoms with E-state index >= 15 is 0 Å². The minimum atomic E-state index is -0.605. The zero-order chi connectivity index (χ0) is 21.1. The SMILES string of the molecule is CCN(Cc1cccc(F)c1)C(=O)COC(=O)c1cc(C)nc2c1c(C)nn2C. The highest BCUT2D eigenvalue weighted by atomic mass is 19.1. The lowest BCUT2D eigenvalue weighted by Gasteiger charge is -2.21. The van der Waals surface area contributed by atoms with Gasteiger partial charge in [-0.25, -0.2) is 14.2 Å². The first-order valence-electron chi connectivity index (χ1n) is 9.30. The highest BCUT2D eigenvalue weighted by Gasteiger charge is 2.21. The Morgan fingerprint density at radius 2 is 2.00 bits per heavy atom. The van der Waals surface area contributed by atoms with E-state index in [1.807, 2.05) is 6.92 Å². The number of aromatic nitrogens is 3. The van der Waals surface area contributed by atoms with Crippen LogP contribution in [0.25, 0.3) is 11.0 Å². The Bertz CT molecular complexity index is 1080. The third-order valence-corrected chi connectivity index (χ3v) is 4.64. The van der Waals surface area contributed by atoms with Gasteiger partial charge >= 0.3 is 5.97 Å². The predicted octanol–water partition coefficient (Wildman–Crippen LogP) is 2.93. The van der Waals surface area contributed by atoms with Gasteiger partial charge in [0.05, 0.1) is 16.6 Å². The lowest BCUT2D eigenvalue weighted by Crippen LogP contribution is -2.34. The fourth-order valence-electron chi connectivity index (χ4n) is 3.26. The third-order valence-electron chi connectivity index (χ3n) is 4.64. The van der Waals surface area contributed by atoms with Crippen LogP contribution in [0, 0.1) is 19.7 Å². The molecule has 0 aliphatic carbocycles. The summed E-state index contributed by atoms with van der Waals surface area (Å²) in [5.74, 6) is -1.32. The van der Waals surface area contributed by atoms with E-state index in [0.717, 1.165) is 0 Å². The van der Waals surface area contributed by atoms with Crippen LogP contribution in [0.4, 0.5) is 4.39 Å². The minimum absolute atomic E-state index is 0.241. The average molecular weight is 398 g/mol. The number of likely N-dealkylation sites (N-methyl/N-ethyl adjacent to an activating group) is 1. The number of aryl methyl sites for hydroxylation is 3. The third kappa shape index (κ3) is 4.42. The van der Waals surface area contributed by atoms with Crippen molar-refractivity contribution >= 4 is 22.9 Å². The van der Waals surface area contributed by atoms with Crippen LogP contribution in [0.5, 0.6) is 0 Å². The van der Waals surface area contributed by atoms with E-state index < -0.39 is 12.6 Å². The molecule has 0 saturated heterocycles. The van der Waals surface area contributed by atoms with Crippen LogP contribution < -0.4 is 0 Å². The van der Waals surface area contributed by atoms with Crippen LogP contribution in [0.15, 0.2) is 30.3 Å². The summed E-state index contributed by atoms with van der Waals surface area (Å²) in [6.07, 6.45) is 0. The smallest absolute Gasteiger partial charge is 0.339 e. The molecule has 8 heteroatoms. The van der Waals surface area contributed by atoms with E-state index in [-0.39, 0.29) is 18.3 Å². The summed E-state index contributed by atoms with van der Waals surface area (Å²) in [5, 5.41) is 4.92. The molecule has 0 unspecified atom stereocenters. The number of halogens is 1. The number of hydrogen-bond donors (Lipinski definition) is 0. The molecule has 29 heavy (non-hydrogen) atoms. The number of carbonyl (C=O) groups is 2. The minimum Gasteiger partial charge on any atom is -0.452 e. The van der Waals surface area contributed by atoms with Gasteiger partial charge in [-0.05, 0) is 44.5 Å². The van der Waals surface area contributed by atoms with Crippen LogP contribution in [-0.2, 0) is 23.1 Å². The molecule has 152 valence electrons. The molecule has 2 heterocycles. The molecule has 3 rings (SSSR count). The number of nitrogens with zero attached hydrogens (tertiary/aromatic N) is 4. The normalized spacial score (nSPS) is 10.9. The van der Waals surface area contributed by atoms with Gasteiger partial charge in [0.25, 0.3) is 5.91 Å². The maximum absolute atomic E-state index is 13.4. The lowest BCUT2D eigenvalue weighted by molar-refractivity contribution is -0.134. The van der Waals surface area contributed by atoms with Crippen LogP contribution in [0.2, 0.25) is 0 Å². The van der Waals surface area contributed by atoms with Gasteiger partial charge in [-0.2, -0.15) is 5.10 Å². The van der Waals surface area contributed by atoms with Gasteiger partial charge in [0.2, 0.25) is 0 Å². The zero-order valence-electron chi connectivity index (χ0n) is 16.9. The summed E-state index contributed by atoms with van der Waals surface area (Å²) in [5.41, 5.74) is 2.90. The molecule has 0 bridgehead atoms. The standard InChI is InChI=1S/C21H23FN4O3/c1-5-26(11-15-7-6-8-16(22)10-15)18(27)12-29-21(28)17-9-13(2)23-20-19(17)14(3)24-25(20)4/h6-10H,5,11-12H2,1-4H3. The second kappa shape index (κ2) is 8.38. The lowest BCUT2D eigenvalue weighted by atomic mass is 10.1. The number of benzene rings is 1. The van der Waals surface area contributed by atoms with Crippen LogP contribution in [0.1, 0.15) is 34.2 Å². The molecule has 7 nitrogen and oxygen atoms in total. The topological polar surface area (TPSA) is 77.3 Å².